The van der Waals surface area contributed by atoms with Crippen molar-refractivity contribution in [2.75, 3.05) is 33.4 Å². The molecule has 2 fully saturated rings. The second-order valence-electron chi connectivity index (χ2n) is 7.83. The van der Waals surface area contributed by atoms with Crippen molar-refractivity contribution in [3.8, 4) is 11.8 Å². The lowest BCUT2D eigenvalue weighted by molar-refractivity contribution is -0.131. The number of rotatable bonds is 8. The number of methoxy groups -OCH3 is 1. The van der Waals surface area contributed by atoms with E-state index in [1.807, 2.05) is 0 Å². The molecule has 7 nitrogen and oxygen atoms in total. The van der Waals surface area contributed by atoms with Crippen LogP contribution in [0.2, 0.25) is 0 Å². The van der Waals surface area contributed by atoms with Gasteiger partial charge in [0.05, 0.1) is 11.6 Å². The molecule has 3 rings (SSSR count). The van der Waals surface area contributed by atoms with Gasteiger partial charge in [0, 0.05) is 32.8 Å². The van der Waals surface area contributed by atoms with Crippen molar-refractivity contribution < 1.29 is 19.4 Å². The van der Waals surface area contributed by atoms with Crippen LogP contribution in [0.1, 0.15) is 25.3 Å². The Hall–Kier alpha value is -2.14. The highest BCUT2D eigenvalue weighted by molar-refractivity contribution is 5.80. The summed E-state index contributed by atoms with van der Waals surface area (Å²) in [4.78, 5) is 14.4. The molecule has 2 aliphatic rings. The van der Waals surface area contributed by atoms with Gasteiger partial charge in [-0.2, -0.15) is 5.26 Å². The molecule has 0 radical (unpaired) electrons. The largest absolute Gasteiger partial charge is 0.491 e. The normalized spacial score (nSPS) is 26.3. The molecule has 2 bridgehead atoms. The summed E-state index contributed by atoms with van der Waals surface area (Å²) in [5.74, 6) is 1.43. The number of nitriles is 1. The number of ether oxygens (including phenoxy) is 2. The molecule has 1 amide bonds. The van der Waals surface area contributed by atoms with Crippen LogP contribution in [-0.2, 0) is 9.53 Å². The summed E-state index contributed by atoms with van der Waals surface area (Å²) < 4.78 is 10.7. The van der Waals surface area contributed by atoms with Crippen molar-refractivity contribution in [2.45, 2.75) is 38.0 Å². The SMILES string of the molecule is COC(C)C(=O)NC1C2CCC1CN(CC(O)COc1ccc(C#N)cc1)C2. The van der Waals surface area contributed by atoms with Gasteiger partial charge in [-0.25, -0.2) is 0 Å². The van der Waals surface area contributed by atoms with Crippen LogP contribution in [0.25, 0.3) is 0 Å². The fourth-order valence-electron chi connectivity index (χ4n) is 4.26. The zero-order chi connectivity index (χ0) is 20.1. The molecule has 1 aromatic carbocycles. The number of amides is 1. The predicted octanol–water partition coefficient (Wildman–Crippen LogP) is 1.16. The standard InChI is InChI=1S/C21H29N3O4/c1-14(27-2)21(26)23-20-16-5-6-17(20)11-24(10-16)12-18(25)13-28-19-7-3-15(9-22)4-8-19/h3-4,7-8,14,16-18,20,25H,5-6,10-13H2,1-2H3,(H,23,26). The third-order valence-electron chi connectivity index (χ3n) is 5.84. The number of β-amino-alcohol motifs (C(OH)–C–C–N with tert-alkyl or cyclic N) is 1. The first-order chi connectivity index (χ1) is 13.5. The molecule has 1 saturated heterocycles. The van der Waals surface area contributed by atoms with Crippen LogP contribution in [-0.4, -0.2) is 67.5 Å². The topological polar surface area (TPSA) is 94.8 Å². The summed E-state index contributed by atoms with van der Waals surface area (Å²) in [6, 6.07) is 9.14. The number of nitrogens with zero attached hydrogens (tertiary/aromatic N) is 2. The summed E-state index contributed by atoms with van der Waals surface area (Å²) in [6.45, 7) is 4.27. The molecule has 1 saturated carbocycles. The zero-order valence-corrected chi connectivity index (χ0v) is 16.5. The van der Waals surface area contributed by atoms with E-state index < -0.39 is 12.2 Å². The van der Waals surface area contributed by atoms with Crippen LogP contribution in [0, 0.1) is 23.2 Å². The van der Waals surface area contributed by atoms with Gasteiger partial charge in [-0.3, -0.25) is 9.69 Å². The van der Waals surface area contributed by atoms with Gasteiger partial charge < -0.3 is 19.9 Å². The Morgan fingerprint density at radius 3 is 2.54 bits per heavy atom. The molecular formula is C21H29N3O4. The minimum atomic E-state index is -0.588. The van der Waals surface area contributed by atoms with E-state index in [-0.39, 0.29) is 18.6 Å². The van der Waals surface area contributed by atoms with Crippen molar-refractivity contribution in [3.05, 3.63) is 29.8 Å². The van der Waals surface area contributed by atoms with Gasteiger partial charge in [-0.1, -0.05) is 0 Å². The molecule has 28 heavy (non-hydrogen) atoms. The first-order valence-electron chi connectivity index (χ1n) is 9.86. The summed E-state index contributed by atoms with van der Waals surface area (Å²) in [6.07, 6.45) is 1.18. The van der Waals surface area contributed by atoms with E-state index in [2.05, 4.69) is 16.3 Å². The molecule has 0 aromatic heterocycles. The highest BCUT2D eigenvalue weighted by Crippen LogP contribution is 2.37. The molecule has 152 valence electrons. The molecule has 1 aromatic rings. The van der Waals surface area contributed by atoms with E-state index in [0.29, 0.717) is 29.7 Å². The lowest BCUT2D eigenvalue weighted by Crippen LogP contribution is -2.55. The lowest BCUT2D eigenvalue weighted by atomic mass is 9.91. The van der Waals surface area contributed by atoms with Gasteiger partial charge in [0.15, 0.2) is 0 Å². The van der Waals surface area contributed by atoms with Crippen LogP contribution in [0.4, 0.5) is 0 Å². The van der Waals surface area contributed by atoms with Gasteiger partial charge in [-0.05, 0) is 55.9 Å². The number of nitrogens with one attached hydrogen (secondary N) is 1. The molecule has 1 aliphatic heterocycles. The van der Waals surface area contributed by atoms with Gasteiger partial charge >= 0.3 is 0 Å². The van der Waals surface area contributed by atoms with E-state index >= 15 is 0 Å². The maximum atomic E-state index is 12.2. The summed E-state index contributed by atoms with van der Waals surface area (Å²) in [5.41, 5.74) is 0.582. The molecule has 1 aliphatic carbocycles. The summed E-state index contributed by atoms with van der Waals surface area (Å²) in [7, 11) is 1.54. The molecule has 2 N–H and O–H groups in total. The quantitative estimate of drug-likeness (QED) is 0.695. The maximum absolute atomic E-state index is 12.2. The second-order valence-corrected chi connectivity index (χ2v) is 7.83. The molecule has 7 heteroatoms. The van der Waals surface area contributed by atoms with Crippen LogP contribution in [0.15, 0.2) is 24.3 Å². The molecular weight excluding hydrogens is 358 g/mol. The Balaban J connectivity index is 1.45. The van der Waals surface area contributed by atoms with Crippen LogP contribution >= 0.6 is 0 Å². The monoisotopic (exact) mass is 387 g/mol. The van der Waals surface area contributed by atoms with Crippen molar-refractivity contribution in [3.63, 3.8) is 0 Å². The van der Waals surface area contributed by atoms with Gasteiger partial charge in [0.1, 0.15) is 24.6 Å². The first kappa shape index (κ1) is 20.6. The van der Waals surface area contributed by atoms with E-state index in [9.17, 15) is 9.90 Å². The van der Waals surface area contributed by atoms with Crippen molar-refractivity contribution in [2.24, 2.45) is 11.8 Å². The van der Waals surface area contributed by atoms with E-state index in [4.69, 9.17) is 14.7 Å². The number of carbonyl (C=O) groups excluding carboxylic acids is 1. The zero-order valence-electron chi connectivity index (χ0n) is 16.5. The Labute approximate surface area is 166 Å². The van der Waals surface area contributed by atoms with Gasteiger partial charge in [-0.15, -0.1) is 0 Å². The number of fused-ring (bicyclic) bond motifs is 2. The molecule has 4 atom stereocenters. The van der Waals surface area contributed by atoms with E-state index in [0.717, 1.165) is 25.9 Å². The fraction of sp³-hybridized carbons (Fsp3) is 0.619. The van der Waals surface area contributed by atoms with E-state index in [1.54, 1.807) is 38.3 Å². The number of benzene rings is 1. The fourth-order valence-corrected chi connectivity index (χ4v) is 4.26. The molecule has 4 unspecified atom stereocenters. The Kier molecular flexibility index (Phi) is 6.89. The van der Waals surface area contributed by atoms with Crippen molar-refractivity contribution in [1.82, 2.24) is 10.2 Å². The highest BCUT2D eigenvalue weighted by atomic mass is 16.5. The molecule has 1 heterocycles. The number of hydrogen-bond acceptors (Lipinski definition) is 6. The Morgan fingerprint density at radius 1 is 1.32 bits per heavy atom. The van der Waals surface area contributed by atoms with Crippen molar-refractivity contribution >= 4 is 5.91 Å². The number of piperidine rings is 1. The number of aliphatic hydroxyl groups is 1. The lowest BCUT2D eigenvalue weighted by Gasteiger charge is -2.39. The van der Waals surface area contributed by atoms with Crippen LogP contribution in [0.3, 0.4) is 0 Å². The Morgan fingerprint density at radius 2 is 1.96 bits per heavy atom. The average molecular weight is 387 g/mol. The van der Waals surface area contributed by atoms with Crippen LogP contribution in [0.5, 0.6) is 5.75 Å². The third kappa shape index (κ3) is 5.02. The predicted molar refractivity (Wildman–Crippen MR) is 104 cm³/mol. The maximum Gasteiger partial charge on any atom is 0.249 e. The second kappa shape index (κ2) is 9.37. The Bertz CT molecular complexity index is 689. The average Bonchev–Trinajstić information content (AvgIpc) is 2.94. The number of carbonyl (C=O) groups is 1. The smallest absolute Gasteiger partial charge is 0.249 e. The van der Waals surface area contributed by atoms with Gasteiger partial charge in [0.2, 0.25) is 5.91 Å². The van der Waals surface area contributed by atoms with Gasteiger partial charge in [0.25, 0.3) is 0 Å². The highest BCUT2D eigenvalue weighted by Gasteiger charge is 2.43. The summed E-state index contributed by atoms with van der Waals surface area (Å²) in [5, 5.41) is 22.3. The van der Waals surface area contributed by atoms with E-state index in [1.165, 1.54) is 0 Å². The third-order valence-corrected chi connectivity index (χ3v) is 5.84. The van der Waals surface area contributed by atoms with Crippen LogP contribution < -0.4 is 10.1 Å². The van der Waals surface area contributed by atoms with Crippen molar-refractivity contribution in [1.29, 1.82) is 5.26 Å². The molecule has 0 spiro atoms. The minimum absolute atomic E-state index is 0.0475. The number of hydrogen-bond donors (Lipinski definition) is 2. The number of likely N-dealkylation sites (tertiary alicyclic amines) is 1. The number of aliphatic hydroxyl groups excluding tert-OH is 1. The minimum Gasteiger partial charge on any atom is -0.491 e. The summed E-state index contributed by atoms with van der Waals surface area (Å²) >= 11 is 0. The first-order valence-corrected chi connectivity index (χ1v) is 9.86.